The summed E-state index contributed by atoms with van der Waals surface area (Å²) in [6, 6.07) is 9.83. The van der Waals surface area contributed by atoms with E-state index in [0.717, 1.165) is 56.7 Å². The molecule has 2 fully saturated rings. The lowest BCUT2D eigenvalue weighted by Gasteiger charge is -2.31. The van der Waals surface area contributed by atoms with Crippen molar-refractivity contribution in [2.24, 2.45) is 0 Å². The number of nitrogens with zero attached hydrogens (tertiary/aromatic N) is 6. The molecule has 3 aromatic rings. The van der Waals surface area contributed by atoms with Crippen LogP contribution in [-0.2, 0) is 0 Å². The lowest BCUT2D eigenvalue weighted by molar-refractivity contribution is 0.0786. The molecule has 5 rings (SSSR count). The number of piperidine rings is 1. The van der Waals surface area contributed by atoms with Gasteiger partial charge >= 0.3 is 0 Å². The minimum absolute atomic E-state index is 0.0280. The van der Waals surface area contributed by atoms with Crippen LogP contribution in [0.3, 0.4) is 0 Å². The number of rotatable bonds is 4. The summed E-state index contributed by atoms with van der Waals surface area (Å²) in [6.07, 6.45) is 7.37. The molecule has 0 spiro atoms. The van der Waals surface area contributed by atoms with Gasteiger partial charge in [0.05, 0.1) is 18.3 Å². The maximum atomic E-state index is 12.7. The van der Waals surface area contributed by atoms with Gasteiger partial charge in [0, 0.05) is 31.7 Å². The highest BCUT2D eigenvalue weighted by atomic mass is 16.5. The van der Waals surface area contributed by atoms with Gasteiger partial charge in [-0.15, -0.1) is 0 Å². The zero-order chi connectivity index (χ0) is 20.3. The van der Waals surface area contributed by atoms with Crippen molar-refractivity contribution in [3.63, 3.8) is 0 Å². The predicted molar refractivity (Wildman–Crippen MR) is 111 cm³/mol. The number of benzene rings is 1. The first kappa shape index (κ1) is 18.7. The quantitative estimate of drug-likeness (QED) is 0.660. The number of hydrogen-bond acceptors (Lipinski definition) is 7. The summed E-state index contributed by atoms with van der Waals surface area (Å²) < 4.78 is 5.59. The van der Waals surface area contributed by atoms with Crippen molar-refractivity contribution in [3.05, 3.63) is 54.3 Å². The highest BCUT2D eigenvalue weighted by Gasteiger charge is 2.28. The van der Waals surface area contributed by atoms with E-state index in [1.807, 2.05) is 35.2 Å². The van der Waals surface area contributed by atoms with Crippen LogP contribution in [0.2, 0.25) is 0 Å². The van der Waals surface area contributed by atoms with Gasteiger partial charge in [-0.25, -0.2) is 4.98 Å². The Bertz CT molecular complexity index is 1020. The average Bonchev–Trinajstić information content (AvgIpc) is 3.52. The molecule has 30 heavy (non-hydrogen) atoms. The van der Waals surface area contributed by atoms with Crippen LogP contribution in [0.15, 0.2) is 47.2 Å². The summed E-state index contributed by atoms with van der Waals surface area (Å²) >= 11 is 0. The number of carbonyl (C=O) groups is 1. The second kappa shape index (κ2) is 8.22. The summed E-state index contributed by atoms with van der Waals surface area (Å²) in [5.74, 6) is 2.09. The zero-order valence-electron chi connectivity index (χ0n) is 16.8. The van der Waals surface area contributed by atoms with Crippen LogP contribution in [0, 0.1) is 0 Å². The normalized spacial score (nSPS) is 19.3. The molecule has 2 aliphatic rings. The minimum atomic E-state index is -0.0280. The van der Waals surface area contributed by atoms with E-state index >= 15 is 0 Å². The van der Waals surface area contributed by atoms with Gasteiger partial charge in [0.2, 0.25) is 11.7 Å². The van der Waals surface area contributed by atoms with Crippen molar-refractivity contribution < 1.29 is 9.32 Å². The Morgan fingerprint density at radius 1 is 1.00 bits per heavy atom. The Hall–Kier alpha value is -3.29. The van der Waals surface area contributed by atoms with E-state index in [-0.39, 0.29) is 11.8 Å². The first-order valence-corrected chi connectivity index (χ1v) is 10.5. The molecule has 1 atom stereocenters. The van der Waals surface area contributed by atoms with Crippen LogP contribution in [0.25, 0.3) is 11.4 Å². The van der Waals surface area contributed by atoms with Crippen molar-refractivity contribution in [2.75, 3.05) is 31.1 Å². The van der Waals surface area contributed by atoms with Crippen LogP contribution in [0.4, 0.5) is 5.82 Å². The Labute approximate surface area is 174 Å². The van der Waals surface area contributed by atoms with Gasteiger partial charge in [0.1, 0.15) is 11.5 Å². The third-order valence-electron chi connectivity index (χ3n) is 5.80. The number of amides is 1. The first-order valence-electron chi connectivity index (χ1n) is 10.5. The third kappa shape index (κ3) is 3.77. The van der Waals surface area contributed by atoms with E-state index in [1.165, 1.54) is 0 Å². The van der Waals surface area contributed by atoms with Crippen LogP contribution >= 0.6 is 0 Å². The highest BCUT2D eigenvalue weighted by Crippen LogP contribution is 2.29. The number of anilines is 1. The van der Waals surface area contributed by atoms with Gasteiger partial charge in [-0.3, -0.25) is 9.78 Å². The van der Waals surface area contributed by atoms with E-state index < -0.39 is 0 Å². The minimum Gasteiger partial charge on any atom is -0.355 e. The van der Waals surface area contributed by atoms with Crippen LogP contribution in [0.1, 0.15) is 48.0 Å². The summed E-state index contributed by atoms with van der Waals surface area (Å²) in [7, 11) is 0. The monoisotopic (exact) mass is 404 g/mol. The predicted octanol–water partition coefficient (Wildman–Crippen LogP) is 3.15. The molecule has 154 valence electrons. The summed E-state index contributed by atoms with van der Waals surface area (Å²) in [5, 5.41) is 4.16. The fourth-order valence-corrected chi connectivity index (χ4v) is 4.19. The molecule has 1 unspecified atom stereocenters. The fraction of sp³-hybridized carbons (Fsp3) is 0.409. The van der Waals surface area contributed by atoms with Crippen molar-refractivity contribution in [3.8, 4) is 11.4 Å². The van der Waals surface area contributed by atoms with E-state index in [4.69, 9.17) is 4.52 Å². The van der Waals surface area contributed by atoms with Crippen LogP contribution in [-0.4, -0.2) is 57.1 Å². The lowest BCUT2D eigenvalue weighted by Crippen LogP contribution is -2.36. The summed E-state index contributed by atoms with van der Waals surface area (Å²) in [4.78, 5) is 30.2. The van der Waals surface area contributed by atoms with Gasteiger partial charge in [0.15, 0.2) is 0 Å². The summed E-state index contributed by atoms with van der Waals surface area (Å²) in [6.45, 7) is 3.19. The molecule has 2 aromatic heterocycles. The van der Waals surface area contributed by atoms with Gasteiger partial charge < -0.3 is 14.3 Å². The molecule has 0 bridgehead atoms. The largest absolute Gasteiger partial charge is 0.355 e. The van der Waals surface area contributed by atoms with Crippen molar-refractivity contribution in [1.82, 2.24) is 25.0 Å². The molecular weight excluding hydrogens is 380 g/mol. The maximum absolute atomic E-state index is 12.7. The number of hydrogen-bond donors (Lipinski definition) is 0. The highest BCUT2D eigenvalue weighted by molar-refractivity contribution is 5.92. The topological polar surface area (TPSA) is 88.2 Å². The van der Waals surface area contributed by atoms with Gasteiger partial charge in [-0.2, -0.15) is 4.98 Å². The molecule has 0 radical (unpaired) electrons. The Kier molecular flexibility index (Phi) is 5.13. The lowest BCUT2D eigenvalue weighted by atomic mass is 9.98. The first-order chi connectivity index (χ1) is 14.8. The second-order valence-electron chi connectivity index (χ2n) is 7.87. The second-order valence-corrected chi connectivity index (χ2v) is 7.87. The molecule has 8 nitrogen and oxygen atoms in total. The van der Waals surface area contributed by atoms with Gasteiger partial charge in [0.25, 0.3) is 5.91 Å². The Morgan fingerprint density at radius 2 is 1.83 bits per heavy atom. The van der Waals surface area contributed by atoms with Crippen LogP contribution in [0.5, 0.6) is 0 Å². The Morgan fingerprint density at radius 3 is 2.67 bits per heavy atom. The van der Waals surface area contributed by atoms with E-state index in [1.54, 1.807) is 12.4 Å². The van der Waals surface area contributed by atoms with Crippen molar-refractivity contribution in [1.29, 1.82) is 0 Å². The molecule has 1 aromatic carbocycles. The molecule has 0 saturated carbocycles. The standard InChI is InChI=1S/C22H24N6O2/c29-22(27-10-4-5-11-27)18-13-23-14-19(24-18)28-12-6-9-17(15-28)21-25-20(26-30-21)16-7-2-1-3-8-16/h1-3,7-8,13-14,17H,4-6,9-12,15H2. The molecule has 2 saturated heterocycles. The van der Waals surface area contributed by atoms with E-state index in [2.05, 4.69) is 25.0 Å². The van der Waals surface area contributed by atoms with Crippen molar-refractivity contribution in [2.45, 2.75) is 31.6 Å². The molecule has 2 aliphatic heterocycles. The molecule has 0 aliphatic carbocycles. The molecule has 1 amide bonds. The molecule has 8 heteroatoms. The fourth-order valence-electron chi connectivity index (χ4n) is 4.19. The van der Waals surface area contributed by atoms with Gasteiger partial charge in [-0.1, -0.05) is 35.5 Å². The summed E-state index contributed by atoms with van der Waals surface area (Å²) in [5.41, 5.74) is 1.36. The molecule has 0 N–H and O–H groups in total. The zero-order valence-corrected chi connectivity index (χ0v) is 16.8. The van der Waals surface area contributed by atoms with E-state index in [9.17, 15) is 4.79 Å². The molecular formula is C22H24N6O2. The van der Waals surface area contributed by atoms with Crippen molar-refractivity contribution >= 4 is 11.7 Å². The van der Waals surface area contributed by atoms with E-state index in [0.29, 0.717) is 24.0 Å². The third-order valence-corrected chi connectivity index (χ3v) is 5.80. The number of carbonyl (C=O) groups excluding carboxylic acids is 1. The smallest absolute Gasteiger partial charge is 0.274 e. The van der Waals surface area contributed by atoms with Gasteiger partial charge in [-0.05, 0) is 25.7 Å². The average molecular weight is 404 g/mol. The SMILES string of the molecule is O=C(c1cncc(N2CCCC(c3nc(-c4ccccc4)no3)C2)n1)N1CCCC1. The molecule has 4 heterocycles. The number of aromatic nitrogens is 4. The Balaban J connectivity index is 1.32. The maximum Gasteiger partial charge on any atom is 0.274 e. The number of likely N-dealkylation sites (tertiary alicyclic amines) is 1. The van der Waals surface area contributed by atoms with Crippen LogP contribution < -0.4 is 4.90 Å².